The van der Waals surface area contributed by atoms with Crippen molar-refractivity contribution < 1.29 is 23.4 Å². The lowest BCUT2D eigenvalue weighted by Crippen LogP contribution is -2.26. The molecule has 3 nitrogen and oxygen atoms in total. The topological polar surface area (TPSA) is 46.5 Å². The number of carboxylic acids is 1. The average Bonchev–Trinajstić information content (AvgIpc) is 2.83. The Bertz CT molecular complexity index is 476. The maximum absolute atomic E-state index is 12.0. The van der Waals surface area contributed by atoms with Crippen LogP contribution in [-0.2, 0) is 10.2 Å². The Kier molecular flexibility index (Phi) is 3.15. The molecule has 18 heavy (non-hydrogen) atoms. The number of hydrogen-bond acceptors (Lipinski definition) is 2. The second-order valence-electron chi connectivity index (χ2n) is 3.99. The lowest BCUT2D eigenvalue weighted by atomic mass is 9.96. The first-order chi connectivity index (χ1) is 8.29. The maximum atomic E-state index is 12.0. The van der Waals surface area contributed by atoms with Gasteiger partial charge < -0.3 is 9.84 Å². The number of carboxylic acid groups (broad SMARTS) is 1. The SMILES string of the molecule is O=C(O)C1(c2ccc(OC(F)F)cc2)CC1(Cl)Cl. The third kappa shape index (κ3) is 2.01. The van der Waals surface area contributed by atoms with E-state index in [1.807, 2.05) is 0 Å². The molecule has 1 aromatic carbocycles. The van der Waals surface area contributed by atoms with Crippen LogP contribution in [0, 0.1) is 0 Å². The van der Waals surface area contributed by atoms with Gasteiger partial charge in [0.25, 0.3) is 0 Å². The summed E-state index contributed by atoms with van der Waals surface area (Å²) in [5, 5.41) is 9.19. The van der Waals surface area contributed by atoms with Crippen LogP contribution in [0.3, 0.4) is 0 Å². The minimum absolute atomic E-state index is 0.0512. The van der Waals surface area contributed by atoms with Crippen molar-refractivity contribution in [2.24, 2.45) is 0 Å². The van der Waals surface area contributed by atoms with Gasteiger partial charge in [-0.05, 0) is 17.7 Å². The van der Waals surface area contributed by atoms with Crippen molar-refractivity contribution in [2.45, 2.75) is 22.8 Å². The van der Waals surface area contributed by atoms with Crippen LogP contribution in [0.25, 0.3) is 0 Å². The van der Waals surface area contributed by atoms with E-state index < -0.39 is 22.3 Å². The molecule has 1 saturated carbocycles. The van der Waals surface area contributed by atoms with Crippen LogP contribution in [0.15, 0.2) is 24.3 Å². The number of benzene rings is 1. The zero-order valence-corrected chi connectivity index (χ0v) is 10.4. The van der Waals surface area contributed by atoms with Gasteiger partial charge in [-0.1, -0.05) is 35.3 Å². The first kappa shape index (κ1) is 13.4. The predicted octanol–water partition coefficient (Wildman–Crippen LogP) is 3.19. The van der Waals surface area contributed by atoms with Gasteiger partial charge in [0, 0.05) is 6.42 Å². The highest BCUT2D eigenvalue weighted by atomic mass is 35.5. The first-order valence-electron chi connectivity index (χ1n) is 4.96. The standard InChI is InChI=1S/C11H8Cl2F2O3/c12-11(13)5-10(11,8(16)17)6-1-3-7(4-2-6)18-9(14)15/h1-4,9H,5H2,(H,16,17). The van der Waals surface area contributed by atoms with Crippen LogP contribution in [0.5, 0.6) is 5.75 Å². The van der Waals surface area contributed by atoms with Gasteiger partial charge >= 0.3 is 12.6 Å². The average molecular weight is 297 g/mol. The molecule has 1 N–H and O–H groups in total. The fourth-order valence-electron chi connectivity index (χ4n) is 1.88. The Morgan fingerprint density at radius 3 is 2.17 bits per heavy atom. The number of halogens is 4. The molecule has 0 bridgehead atoms. The Hall–Kier alpha value is -1.07. The van der Waals surface area contributed by atoms with Crippen LogP contribution in [-0.4, -0.2) is 22.0 Å². The molecule has 1 aliphatic carbocycles. The van der Waals surface area contributed by atoms with E-state index in [0.29, 0.717) is 5.56 Å². The third-order valence-electron chi connectivity index (χ3n) is 2.92. The molecule has 0 amide bonds. The van der Waals surface area contributed by atoms with E-state index in [2.05, 4.69) is 4.74 Å². The van der Waals surface area contributed by atoms with Gasteiger partial charge in [-0.25, -0.2) is 0 Å². The Morgan fingerprint density at radius 2 is 1.83 bits per heavy atom. The molecule has 1 unspecified atom stereocenters. The van der Waals surface area contributed by atoms with E-state index in [1.54, 1.807) is 0 Å². The molecular formula is C11H8Cl2F2O3. The Morgan fingerprint density at radius 1 is 1.33 bits per heavy atom. The molecule has 1 aliphatic rings. The summed E-state index contributed by atoms with van der Waals surface area (Å²) in [6.45, 7) is -2.93. The Labute approximate surface area is 111 Å². The van der Waals surface area contributed by atoms with E-state index in [1.165, 1.54) is 24.3 Å². The number of aliphatic carboxylic acids is 1. The van der Waals surface area contributed by atoms with Crippen LogP contribution in [0.1, 0.15) is 12.0 Å². The van der Waals surface area contributed by atoms with Gasteiger partial charge in [-0.3, -0.25) is 4.79 Å². The number of hydrogen-bond donors (Lipinski definition) is 1. The second-order valence-corrected chi connectivity index (χ2v) is 5.48. The highest BCUT2D eigenvalue weighted by molar-refractivity contribution is 6.54. The summed E-state index contributed by atoms with van der Waals surface area (Å²) in [5.41, 5.74) is -1.01. The highest BCUT2D eigenvalue weighted by Gasteiger charge is 2.72. The Balaban J connectivity index is 2.27. The fourth-order valence-corrected chi connectivity index (χ4v) is 2.66. The summed E-state index contributed by atoms with van der Waals surface area (Å²) >= 11 is 11.7. The molecular weight excluding hydrogens is 289 g/mol. The summed E-state index contributed by atoms with van der Waals surface area (Å²) in [4.78, 5) is 11.2. The number of rotatable bonds is 4. The maximum Gasteiger partial charge on any atom is 0.387 e. The second kappa shape index (κ2) is 4.24. The molecule has 0 saturated heterocycles. The first-order valence-corrected chi connectivity index (χ1v) is 5.72. The molecule has 0 spiro atoms. The van der Waals surface area contributed by atoms with Crippen molar-refractivity contribution in [3.8, 4) is 5.75 Å². The van der Waals surface area contributed by atoms with Crippen molar-refractivity contribution >= 4 is 29.2 Å². The summed E-state index contributed by atoms with van der Waals surface area (Å²) in [7, 11) is 0. The number of alkyl halides is 4. The van der Waals surface area contributed by atoms with Crippen molar-refractivity contribution in [1.82, 2.24) is 0 Å². The molecule has 2 rings (SSSR count). The molecule has 0 radical (unpaired) electrons. The smallest absolute Gasteiger partial charge is 0.387 e. The van der Waals surface area contributed by atoms with E-state index in [-0.39, 0.29) is 12.2 Å². The van der Waals surface area contributed by atoms with E-state index >= 15 is 0 Å². The van der Waals surface area contributed by atoms with Gasteiger partial charge in [-0.2, -0.15) is 8.78 Å². The summed E-state index contributed by atoms with van der Waals surface area (Å²) < 4.78 is 26.7. The quantitative estimate of drug-likeness (QED) is 0.868. The third-order valence-corrected chi connectivity index (χ3v) is 3.84. The molecule has 1 aromatic rings. The van der Waals surface area contributed by atoms with E-state index in [9.17, 15) is 18.7 Å². The molecule has 0 aliphatic heterocycles. The van der Waals surface area contributed by atoms with Crippen molar-refractivity contribution in [1.29, 1.82) is 0 Å². The van der Waals surface area contributed by atoms with Crippen LogP contribution in [0.4, 0.5) is 8.78 Å². The molecule has 0 aromatic heterocycles. The number of ether oxygens (including phenoxy) is 1. The van der Waals surface area contributed by atoms with Gasteiger partial charge in [0.2, 0.25) is 0 Å². The summed E-state index contributed by atoms with van der Waals surface area (Å²) in [6, 6.07) is 5.26. The highest BCUT2D eigenvalue weighted by Crippen LogP contribution is 2.65. The molecule has 1 fully saturated rings. The lowest BCUT2D eigenvalue weighted by molar-refractivity contribution is -0.140. The minimum Gasteiger partial charge on any atom is -0.480 e. The summed E-state index contributed by atoms with van der Waals surface area (Å²) in [6.07, 6.45) is 0.0769. The lowest BCUT2D eigenvalue weighted by Gasteiger charge is -2.14. The van der Waals surface area contributed by atoms with Crippen molar-refractivity contribution in [3.63, 3.8) is 0 Å². The fraction of sp³-hybridized carbons (Fsp3) is 0.364. The predicted molar refractivity (Wildman–Crippen MR) is 61.4 cm³/mol. The van der Waals surface area contributed by atoms with Gasteiger partial charge in [0.15, 0.2) is 0 Å². The minimum atomic E-state index is -2.93. The normalized spacial score (nSPS) is 24.9. The molecule has 7 heteroatoms. The zero-order valence-electron chi connectivity index (χ0n) is 8.87. The van der Waals surface area contributed by atoms with Gasteiger partial charge in [0.05, 0.1) is 0 Å². The summed E-state index contributed by atoms with van der Waals surface area (Å²) in [5.74, 6) is -1.19. The van der Waals surface area contributed by atoms with Crippen molar-refractivity contribution in [3.05, 3.63) is 29.8 Å². The zero-order chi connectivity index (χ0) is 13.6. The molecule has 1 atom stereocenters. The van der Waals surface area contributed by atoms with Crippen LogP contribution < -0.4 is 4.74 Å². The van der Waals surface area contributed by atoms with E-state index in [4.69, 9.17) is 23.2 Å². The monoisotopic (exact) mass is 296 g/mol. The van der Waals surface area contributed by atoms with Crippen LogP contribution >= 0.6 is 23.2 Å². The largest absolute Gasteiger partial charge is 0.480 e. The number of carbonyl (C=O) groups is 1. The van der Waals surface area contributed by atoms with Crippen molar-refractivity contribution in [2.75, 3.05) is 0 Å². The van der Waals surface area contributed by atoms with E-state index in [0.717, 1.165) is 0 Å². The molecule has 0 heterocycles. The van der Waals surface area contributed by atoms with Crippen LogP contribution in [0.2, 0.25) is 0 Å². The van der Waals surface area contributed by atoms with Gasteiger partial charge in [-0.15, -0.1) is 0 Å². The van der Waals surface area contributed by atoms with Gasteiger partial charge in [0.1, 0.15) is 15.5 Å². The molecule has 98 valence electrons.